The Morgan fingerprint density at radius 3 is 2.03 bits per heavy atom. The molecule has 0 unspecified atom stereocenters. The highest BCUT2D eigenvalue weighted by molar-refractivity contribution is 5.76. The summed E-state index contributed by atoms with van der Waals surface area (Å²) in [5, 5.41) is 0. The van der Waals surface area contributed by atoms with Crippen LogP contribution in [0.2, 0.25) is 0 Å². The average molecular weight is 490 g/mol. The van der Waals surface area contributed by atoms with Crippen LogP contribution in [0, 0.1) is 11.6 Å². The van der Waals surface area contributed by atoms with Crippen LogP contribution in [0.15, 0.2) is 78.9 Å². The number of amides is 1. The number of hydrogen-bond donors (Lipinski definition) is 0. The lowest BCUT2D eigenvalue weighted by atomic mass is 9.96. The Morgan fingerprint density at radius 1 is 0.778 bits per heavy atom. The molecule has 0 saturated carbocycles. The fourth-order valence-corrected chi connectivity index (χ4v) is 5.66. The van der Waals surface area contributed by atoms with Gasteiger partial charge in [-0.25, -0.2) is 8.78 Å². The molecule has 1 atom stereocenters. The monoisotopic (exact) mass is 489 g/mol. The van der Waals surface area contributed by atoms with E-state index in [1.165, 1.54) is 23.3 Å². The molecule has 0 N–H and O–H groups in total. The van der Waals surface area contributed by atoms with Crippen LogP contribution in [0.4, 0.5) is 8.78 Å². The van der Waals surface area contributed by atoms with Gasteiger partial charge >= 0.3 is 0 Å². The maximum absolute atomic E-state index is 14.2. The minimum atomic E-state index is -0.598. The number of carbonyl (C=O) groups excluding carboxylic acids is 1. The van der Waals surface area contributed by atoms with Crippen molar-refractivity contribution in [2.75, 3.05) is 32.7 Å². The van der Waals surface area contributed by atoms with Gasteiger partial charge in [0.1, 0.15) is 11.6 Å². The fraction of sp³-hybridized carbons (Fsp3) is 0.367. The maximum atomic E-state index is 14.2. The summed E-state index contributed by atoms with van der Waals surface area (Å²) in [6, 6.07) is 25.5. The Labute approximate surface area is 212 Å². The van der Waals surface area contributed by atoms with Crippen molar-refractivity contribution >= 4 is 5.91 Å². The number of halogens is 2. The smallest absolute Gasteiger partial charge is 0.222 e. The first-order chi connectivity index (χ1) is 17.6. The SMILES string of the molecule is O=C1CC[C@H](N2CCN(C(c3ccccc3)c3ccccc3)CC2)CCN1Cc1ccc(F)cc1F. The van der Waals surface area contributed by atoms with E-state index in [4.69, 9.17) is 0 Å². The summed E-state index contributed by atoms with van der Waals surface area (Å²) in [5.41, 5.74) is 2.98. The van der Waals surface area contributed by atoms with Crippen molar-refractivity contribution in [1.29, 1.82) is 0 Å². The molecule has 4 nitrogen and oxygen atoms in total. The molecular weight excluding hydrogens is 456 g/mol. The van der Waals surface area contributed by atoms with Crippen LogP contribution in [-0.2, 0) is 11.3 Å². The minimum Gasteiger partial charge on any atom is -0.338 e. The zero-order valence-corrected chi connectivity index (χ0v) is 20.5. The fourth-order valence-electron chi connectivity index (χ4n) is 5.66. The highest BCUT2D eigenvalue weighted by Gasteiger charge is 2.31. The Kier molecular flexibility index (Phi) is 7.73. The number of benzene rings is 3. The molecule has 0 aromatic heterocycles. The van der Waals surface area contributed by atoms with Crippen LogP contribution >= 0.6 is 0 Å². The van der Waals surface area contributed by atoms with E-state index in [2.05, 4.69) is 70.5 Å². The molecule has 5 rings (SSSR count). The third-order valence-electron chi connectivity index (χ3n) is 7.61. The molecule has 2 fully saturated rings. The Morgan fingerprint density at radius 2 is 1.42 bits per heavy atom. The summed E-state index contributed by atoms with van der Waals surface area (Å²) in [4.78, 5) is 19.6. The predicted molar refractivity (Wildman–Crippen MR) is 137 cm³/mol. The van der Waals surface area contributed by atoms with Gasteiger partial charge in [-0.15, -0.1) is 0 Å². The first kappa shape index (κ1) is 24.6. The number of hydrogen-bond acceptors (Lipinski definition) is 3. The highest BCUT2D eigenvalue weighted by Crippen LogP contribution is 2.30. The lowest BCUT2D eigenvalue weighted by Gasteiger charge is -2.42. The van der Waals surface area contributed by atoms with Crippen molar-refractivity contribution in [2.45, 2.75) is 37.9 Å². The van der Waals surface area contributed by atoms with Crippen LogP contribution in [-0.4, -0.2) is 59.4 Å². The Balaban J connectivity index is 1.22. The zero-order chi connectivity index (χ0) is 24.9. The van der Waals surface area contributed by atoms with E-state index < -0.39 is 11.6 Å². The second kappa shape index (κ2) is 11.3. The largest absolute Gasteiger partial charge is 0.338 e. The molecule has 3 aromatic carbocycles. The molecule has 3 aromatic rings. The molecule has 0 radical (unpaired) electrons. The van der Waals surface area contributed by atoms with Crippen LogP contribution in [0.5, 0.6) is 0 Å². The van der Waals surface area contributed by atoms with Gasteiger partial charge in [0.05, 0.1) is 6.04 Å². The van der Waals surface area contributed by atoms with E-state index in [1.807, 2.05) is 0 Å². The van der Waals surface area contributed by atoms with E-state index in [1.54, 1.807) is 4.90 Å². The van der Waals surface area contributed by atoms with E-state index in [0.717, 1.165) is 45.1 Å². The van der Waals surface area contributed by atoms with Gasteiger partial charge in [-0.05, 0) is 30.0 Å². The first-order valence-corrected chi connectivity index (χ1v) is 12.9. The van der Waals surface area contributed by atoms with Crippen molar-refractivity contribution in [3.05, 3.63) is 107 Å². The predicted octanol–water partition coefficient (Wildman–Crippen LogP) is 5.25. The topological polar surface area (TPSA) is 26.8 Å². The molecule has 6 heteroatoms. The van der Waals surface area contributed by atoms with Gasteiger partial charge in [0.15, 0.2) is 0 Å². The molecule has 188 valence electrons. The lowest BCUT2D eigenvalue weighted by Crippen LogP contribution is -2.51. The van der Waals surface area contributed by atoms with Crippen LogP contribution in [0.1, 0.15) is 42.0 Å². The molecule has 0 spiro atoms. The quantitative estimate of drug-likeness (QED) is 0.473. The second-order valence-electron chi connectivity index (χ2n) is 9.83. The maximum Gasteiger partial charge on any atom is 0.222 e. The number of carbonyl (C=O) groups is 1. The molecule has 0 bridgehead atoms. The van der Waals surface area contributed by atoms with Crippen LogP contribution in [0.3, 0.4) is 0 Å². The standard InChI is InChI=1S/C30H33F2N3O/c31-26-12-11-25(28(32)21-26)22-35-16-15-27(13-14-29(35)36)33-17-19-34(20-18-33)30(23-7-3-1-4-8-23)24-9-5-2-6-10-24/h1-12,21,27,30H,13-20,22H2/t27-/m0/s1. The third-order valence-corrected chi connectivity index (χ3v) is 7.61. The molecular formula is C30H33F2N3O. The summed E-state index contributed by atoms with van der Waals surface area (Å²) in [7, 11) is 0. The summed E-state index contributed by atoms with van der Waals surface area (Å²) < 4.78 is 27.4. The van der Waals surface area contributed by atoms with Crippen molar-refractivity contribution < 1.29 is 13.6 Å². The van der Waals surface area contributed by atoms with Gasteiger partial charge in [0.2, 0.25) is 5.91 Å². The highest BCUT2D eigenvalue weighted by atomic mass is 19.1. The van der Waals surface area contributed by atoms with Gasteiger partial charge in [0.25, 0.3) is 0 Å². The van der Waals surface area contributed by atoms with Crippen LogP contribution < -0.4 is 0 Å². The van der Waals surface area contributed by atoms with E-state index in [-0.39, 0.29) is 18.5 Å². The summed E-state index contributed by atoms with van der Waals surface area (Å²) in [6.07, 6.45) is 2.15. The normalized spacial score (nSPS) is 20.0. The van der Waals surface area contributed by atoms with Crippen molar-refractivity contribution in [3.63, 3.8) is 0 Å². The lowest BCUT2D eigenvalue weighted by molar-refractivity contribution is -0.131. The van der Waals surface area contributed by atoms with Gasteiger partial charge in [0, 0.05) is 63.4 Å². The molecule has 2 aliphatic rings. The molecule has 2 aliphatic heterocycles. The van der Waals surface area contributed by atoms with E-state index >= 15 is 0 Å². The van der Waals surface area contributed by atoms with Gasteiger partial charge in [-0.1, -0.05) is 66.7 Å². The van der Waals surface area contributed by atoms with Crippen molar-refractivity contribution in [1.82, 2.24) is 14.7 Å². The Hall–Kier alpha value is -3.09. The molecule has 2 heterocycles. The molecule has 36 heavy (non-hydrogen) atoms. The average Bonchev–Trinajstić information content (AvgIpc) is 3.09. The number of likely N-dealkylation sites (tertiary alicyclic amines) is 1. The Bertz CT molecular complexity index is 1110. The first-order valence-electron chi connectivity index (χ1n) is 12.9. The summed E-state index contributed by atoms with van der Waals surface area (Å²) >= 11 is 0. The van der Waals surface area contributed by atoms with Gasteiger partial charge in [-0.3, -0.25) is 14.6 Å². The van der Waals surface area contributed by atoms with E-state index in [9.17, 15) is 13.6 Å². The third kappa shape index (κ3) is 5.66. The molecule has 2 saturated heterocycles. The minimum absolute atomic E-state index is 0.0491. The zero-order valence-electron chi connectivity index (χ0n) is 20.5. The summed E-state index contributed by atoms with van der Waals surface area (Å²) in [6.45, 7) is 4.63. The second-order valence-corrected chi connectivity index (χ2v) is 9.83. The number of piperazine rings is 1. The molecule has 0 aliphatic carbocycles. The number of nitrogens with zero attached hydrogens (tertiary/aromatic N) is 3. The molecule has 1 amide bonds. The van der Waals surface area contributed by atoms with Crippen molar-refractivity contribution in [2.24, 2.45) is 0 Å². The van der Waals surface area contributed by atoms with Crippen LogP contribution in [0.25, 0.3) is 0 Å². The van der Waals surface area contributed by atoms with Crippen molar-refractivity contribution in [3.8, 4) is 0 Å². The van der Waals surface area contributed by atoms with E-state index in [0.29, 0.717) is 24.6 Å². The van der Waals surface area contributed by atoms with Gasteiger partial charge < -0.3 is 4.90 Å². The van der Waals surface area contributed by atoms with Gasteiger partial charge in [-0.2, -0.15) is 0 Å². The summed E-state index contributed by atoms with van der Waals surface area (Å²) in [5.74, 6) is -1.14. The number of rotatable bonds is 6.